The van der Waals surface area contributed by atoms with Crippen LogP contribution in [0.15, 0.2) is 84.6 Å². The number of nitrogens with one attached hydrogen (secondary N) is 1. The smallest absolute Gasteiger partial charge is 0.278 e. The summed E-state index contributed by atoms with van der Waals surface area (Å²) in [5.41, 5.74) is 2.33. The van der Waals surface area contributed by atoms with Gasteiger partial charge < -0.3 is 10.1 Å². The number of carbonyl (C=O) groups is 2. The van der Waals surface area contributed by atoms with Crippen LogP contribution >= 0.6 is 0 Å². The molecule has 0 spiro atoms. The van der Waals surface area contributed by atoms with Crippen LogP contribution in [0.1, 0.15) is 11.1 Å². The van der Waals surface area contributed by atoms with Gasteiger partial charge in [-0.3, -0.25) is 14.5 Å². The van der Waals surface area contributed by atoms with Crippen molar-refractivity contribution in [3.63, 3.8) is 0 Å². The summed E-state index contributed by atoms with van der Waals surface area (Å²) in [5.74, 6) is -0.684. The van der Waals surface area contributed by atoms with Gasteiger partial charge in [-0.1, -0.05) is 54.6 Å². The van der Waals surface area contributed by atoms with Crippen molar-refractivity contribution in [1.29, 1.82) is 0 Å². The van der Waals surface area contributed by atoms with E-state index in [9.17, 15) is 14.0 Å². The number of ether oxygens (including phenoxy) is 1. The second-order valence-electron chi connectivity index (χ2n) is 6.76. The number of benzene rings is 3. The molecule has 1 N–H and O–H groups in total. The number of methoxy groups -OCH3 is 1. The molecule has 3 aromatic rings. The Bertz CT molecular complexity index is 1120. The molecule has 3 aromatic carbocycles. The van der Waals surface area contributed by atoms with Gasteiger partial charge >= 0.3 is 0 Å². The standard InChI is InChI=1S/C24H19FN2O3/c1-30-20-10-6-5-9-19(20)26-22-21(17-7-3-2-4-8-17)23(28)27(24(22)29)15-16-11-13-18(25)14-12-16/h2-14,26H,15H2,1H3. The molecule has 150 valence electrons. The van der Waals surface area contributed by atoms with Crippen LogP contribution in [0.2, 0.25) is 0 Å². The maximum atomic E-state index is 13.2. The van der Waals surface area contributed by atoms with Gasteiger partial charge in [0.2, 0.25) is 0 Å². The normalized spacial score (nSPS) is 13.7. The first-order valence-electron chi connectivity index (χ1n) is 9.39. The number of hydrogen-bond acceptors (Lipinski definition) is 4. The predicted molar refractivity (Wildman–Crippen MR) is 112 cm³/mol. The number of anilines is 1. The third-order valence-electron chi connectivity index (χ3n) is 4.85. The second kappa shape index (κ2) is 8.21. The molecule has 0 aliphatic carbocycles. The molecule has 0 unspecified atom stereocenters. The number of nitrogens with zero attached hydrogens (tertiary/aromatic N) is 1. The molecule has 0 fully saturated rings. The highest BCUT2D eigenvalue weighted by Gasteiger charge is 2.39. The molecule has 1 aliphatic heterocycles. The van der Waals surface area contributed by atoms with E-state index in [1.807, 2.05) is 30.3 Å². The monoisotopic (exact) mass is 402 g/mol. The van der Waals surface area contributed by atoms with Crippen molar-refractivity contribution in [2.45, 2.75) is 6.54 Å². The van der Waals surface area contributed by atoms with Crippen LogP contribution in [0.25, 0.3) is 5.57 Å². The fourth-order valence-electron chi connectivity index (χ4n) is 3.36. The molecular weight excluding hydrogens is 383 g/mol. The molecule has 4 rings (SSSR count). The van der Waals surface area contributed by atoms with Gasteiger partial charge in [-0.2, -0.15) is 0 Å². The van der Waals surface area contributed by atoms with E-state index in [2.05, 4.69) is 5.32 Å². The predicted octanol–water partition coefficient (Wildman–Crippen LogP) is 4.23. The van der Waals surface area contributed by atoms with Gasteiger partial charge in [-0.05, 0) is 35.4 Å². The largest absolute Gasteiger partial charge is 0.495 e. The van der Waals surface area contributed by atoms with E-state index in [0.29, 0.717) is 22.6 Å². The zero-order chi connectivity index (χ0) is 21.1. The fraction of sp³-hybridized carbons (Fsp3) is 0.0833. The third-order valence-corrected chi connectivity index (χ3v) is 4.85. The summed E-state index contributed by atoms with van der Waals surface area (Å²) in [6.45, 7) is 0.0470. The van der Waals surface area contributed by atoms with Crippen LogP contribution in [0.5, 0.6) is 5.75 Å². The van der Waals surface area contributed by atoms with Crippen molar-refractivity contribution in [2.24, 2.45) is 0 Å². The van der Waals surface area contributed by atoms with E-state index in [0.717, 1.165) is 4.90 Å². The lowest BCUT2D eigenvalue weighted by atomic mass is 10.0. The highest BCUT2D eigenvalue weighted by molar-refractivity contribution is 6.36. The van der Waals surface area contributed by atoms with Gasteiger partial charge in [0.05, 0.1) is 24.9 Å². The molecule has 1 aliphatic rings. The van der Waals surface area contributed by atoms with Gasteiger partial charge in [0.15, 0.2) is 0 Å². The lowest BCUT2D eigenvalue weighted by Crippen LogP contribution is -2.32. The minimum Gasteiger partial charge on any atom is -0.495 e. The van der Waals surface area contributed by atoms with E-state index >= 15 is 0 Å². The van der Waals surface area contributed by atoms with Gasteiger partial charge in [0, 0.05) is 0 Å². The molecule has 0 saturated carbocycles. The third kappa shape index (κ3) is 3.67. The molecule has 0 aromatic heterocycles. The van der Waals surface area contributed by atoms with Gasteiger partial charge in [-0.25, -0.2) is 4.39 Å². The zero-order valence-electron chi connectivity index (χ0n) is 16.3. The van der Waals surface area contributed by atoms with Crippen LogP contribution in [0, 0.1) is 5.82 Å². The van der Waals surface area contributed by atoms with Crippen LogP contribution in [0.4, 0.5) is 10.1 Å². The number of para-hydroxylation sites is 2. The Labute approximate surface area is 173 Å². The summed E-state index contributed by atoms with van der Waals surface area (Å²) in [5, 5.41) is 3.10. The Balaban J connectivity index is 1.74. The van der Waals surface area contributed by atoms with E-state index in [1.165, 1.54) is 19.2 Å². The van der Waals surface area contributed by atoms with E-state index in [4.69, 9.17) is 4.74 Å². The van der Waals surface area contributed by atoms with Crippen LogP contribution in [-0.2, 0) is 16.1 Å². The summed E-state index contributed by atoms with van der Waals surface area (Å²) in [6, 6.07) is 21.9. The van der Waals surface area contributed by atoms with E-state index in [-0.39, 0.29) is 23.6 Å². The van der Waals surface area contributed by atoms with Crippen molar-refractivity contribution < 1.29 is 18.7 Å². The minimum absolute atomic E-state index is 0.0470. The molecular formula is C24H19FN2O3. The number of hydrogen-bond donors (Lipinski definition) is 1. The summed E-state index contributed by atoms with van der Waals surface area (Å²) in [4.78, 5) is 27.6. The lowest BCUT2D eigenvalue weighted by Gasteiger charge is -2.16. The molecule has 5 nitrogen and oxygen atoms in total. The van der Waals surface area contributed by atoms with Gasteiger partial charge in [0.1, 0.15) is 17.3 Å². The average Bonchev–Trinajstić information content (AvgIpc) is 3.00. The number of rotatable bonds is 6. The summed E-state index contributed by atoms with van der Waals surface area (Å²) in [7, 11) is 1.54. The summed E-state index contributed by atoms with van der Waals surface area (Å²) in [6.07, 6.45) is 0. The summed E-state index contributed by atoms with van der Waals surface area (Å²) < 4.78 is 18.6. The fourth-order valence-corrected chi connectivity index (χ4v) is 3.36. The quantitative estimate of drug-likeness (QED) is 0.627. The van der Waals surface area contributed by atoms with Gasteiger partial charge in [0.25, 0.3) is 11.8 Å². The molecule has 30 heavy (non-hydrogen) atoms. The average molecular weight is 402 g/mol. The first-order chi connectivity index (χ1) is 14.6. The lowest BCUT2D eigenvalue weighted by molar-refractivity contribution is -0.137. The van der Waals surface area contributed by atoms with Crippen molar-refractivity contribution >= 4 is 23.1 Å². The summed E-state index contributed by atoms with van der Waals surface area (Å²) >= 11 is 0. The Morgan fingerprint density at radius 1 is 0.867 bits per heavy atom. The topological polar surface area (TPSA) is 58.6 Å². The van der Waals surface area contributed by atoms with Crippen molar-refractivity contribution in [1.82, 2.24) is 4.90 Å². The Morgan fingerprint density at radius 3 is 2.23 bits per heavy atom. The maximum Gasteiger partial charge on any atom is 0.278 e. The van der Waals surface area contributed by atoms with Crippen molar-refractivity contribution in [2.75, 3.05) is 12.4 Å². The Kier molecular flexibility index (Phi) is 5.30. The molecule has 6 heteroatoms. The molecule has 2 amide bonds. The van der Waals surface area contributed by atoms with Gasteiger partial charge in [-0.15, -0.1) is 0 Å². The highest BCUT2D eigenvalue weighted by atomic mass is 19.1. The molecule has 0 bridgehead atoms. The molecule has 1 heterocycles. The number of carbonyl (C=O) groups excluding carboxylic acids is 2. The van der Waals surface area contributed by atoms with Crippen molar-refractivity contribution in [3.8, 4) is 5.75 Å². The van der Waals surface area contributed by atoms with Crippen LogP contribution in [-0.4, -0.2) is 23.8 Å². The number of halogens is 1. The number of imide groups is 1. The van der Waals surface area contributed by atoms with Crippen LogP contribution in [0.3, 0.4) is 0 Å². The molecule has 0 radical (unpaired) electrons. The molecule has 0 saturated heterocycles. The minimum atomic E-state index is -0.450. The van der Waals surface area contributed by atoms with E-state index in [1.54, 1.807) is 36.4 Å². The maximum absolute atomic E-state index is 13.2. The van der Waals surface area contributed by atoms with E-state index < -0.39 is 11.8 Å². The molecule has 0 atom stereocenters. The first-order valence-corrected chi connectivity index (χ1v) is 9.39. The highest BCUT2D eigenvalue weighted by Crippen LogP contribution is 2.33. The zero-order valence-corrected chi connectivity index (χ0v) is 16.3. The Hall–Kier alpha value is -3.93. The SMILES string of the molecule is COc1ccccc1NC1=C(c2ccccc2)C(=O)N(Cc2ccc(F)cc2)C1=O. The Morgan fingerprint density at radius 2 is 1.53 bits per heavy atom. The van der Waals surface area contributed by atoms with Crippen LogP contribution < -0.4 is 10.1 Å². The number of amides is 2. The second-order valence-corrected chi connectivity index (χ2v) is 6.76. The first kappa shape index (κ1) is 19.4. The van der Waals surface area contributed by atoms with Crippen molar-refractivity contribution in [3.05, 3.63) is 102 Å².